The van der Waals surface area contributed by atoms with Crippen LogP contribution in [-0.2, 0) is 14.3 Å². The fourth-order valence-electron chi connectivity index (χ4n) is 3.77. The first-order valence-electron chi connectivity index (χ1n) is 8.98. The molecule has 2 atom stereocenters. The Bertz CT molecular complexity index is 599. The van der Waals surface area contributed by atoms with E-state index in [-0.39, 0.29) is 17.9 Å². The van der Waals surface area contributed by atoms with E-state index in [0.29, 0.717) is 26.2 Å². The van der Waals surface area contributed by atoms with Gasteiger partial charge in [0.05, 0.1) is 0 Å². The first-order chi connectivity index (χ1) is 12.1. The number of hydrogen-bond acceptors (Lipinski definition) is 4. The number of ether oxygens (including phenoxy) is 1. The standard InChI is InChI=1S/C19H27N3O3/c1-21(2)17(14-6-4-3-5-7-14)18(23)20-16-8-11-22(19(16)24)15-9-12-25-13-10-15/h3-7,15-17H,8-13H2,1-2H3,(H,20,23). The predicted molar refractivity (Wildman–Crippen MR) is 95.0 cm³/mol. The van der Waals surface area contributed by atoms with Gasteiger partial charge in [-0.05, 0) is 38.9 Å². The molecule has 6 heteroatoms. The van der Waals surface area contributed by atoms with Gasteiger partial charge in [-0.1, -0.05) is 30.3 Å². The summed E-state index contributed by atoms with van der Waals surface area (Å²) in [6, 6.07) is 9.10. The summed E-state index contributed by atoms with van der Waals surface area (Å²) >= 11 is 0. The Balaban J connectivity index is 1.65. The number of carbonyl (C=O) groups is 2. The van der Waals surface area contributed by atoms with Crippen molar-refractivity contribution >= 4 is 11.8 Å². The van der Waals surface area contributed by atoms with Crippen LogP contribution in [0.1, 0.15) is 30.9 Å². The van der Waals surface area contributed by atoms with E-state index in [1.807, 2.05) is 54.2 Å². The highest BCUT2D eigenvalue weighted by molar-refractivity contribution is 5.91. The average molecular weight is 345 g/mol. The van der Waals surface area contributed by atoms with Gasteiger partial charge in [0.25, 0.3) is 0 Å². The summed E-state index contributed by atoms with van der Waals surface area (Å²) in [6.07, 6.45) is 2.45. The Hall–Kier alpha value is -1.92. The molecule has 0 bridgehead atoms. The summed E-state index contributed by atoms with van der Waals surface area (Å²) in [5.41, 5.74) is 0.928. The second-order valence-corrected chi connectivity index (χ2v) is 7.00. The van der Waals surface area contributed by atoms with Crippen molar-refractivity contribution in [3.05, 3.63) is 35.9 Å². The third-order valence-electron chi connectivity index (χ3n) is 5.07. The first-order valence-corrected chi connectivity index (χ1v) is 8.98. The van der Waals surface area contributed by atoms with E-state index in [2.05, 4.69) is 5.32 Å². The lowest BCUT2D eigenvalue weighted by atomic mass is 10.0. The number of likely N-dealkylation sites (N-methyl/N-ethyl adjacent to an activating group) is 1. The highest BCUT2D eigenvalue weighted by atomic mass is 16.5. The van der Waals surface area contributed by atoms with Crippen molar-refractivity contribution in [3.8, 4) is 0 Å². The number of nitrogens with zero attached hydrogens (tertiary/aromatic N) is 2. The van der Waals surface area contributed by atoms with Gasteiger partial charge in [0.1, 0.15) is 12.1 Å². The molecule has 0 aliphatic carbocycles. The number of hydrogen-bond donors (Lipinski definition) is 1. The summed E-state index contributed by atoms with van der Waals surface area (Å²) in [7, 11) is 3.75. The van der Waals surface area contributed by atoms with Crippen molar-refractivity contribution in [1.82, 2.24) is 15.1 Å². The molecule has 2 fully saturated rings. The third-order valence-corrected chi connectivity index (χ3v) is 5.07. The summed E-state index contributed by atoms with van der Waals surface area (Å²) in [6.45, 7) is 2.14. The second kappa shape index (κ2) is 7.97. The van der Waals surface area contributed by atoms with Crippen LogP contribution in [0.25, 0.3) is 0 Å². The van der Waals surface area contributed by atoms with E-state index in [1.54, 1.807) is 0 Å². The number of likely N-dealkylation sites (tertiary alicyclic amines) is 1. The zero-order valence-electron chi connectivity index (χ0n) is 15.0. The van der Waals surface area contributed by atoms with Gasteiger partial charge in [-0.3, -0.25) is 14.5 Å². The lowest BCUT2D eigenvalue weighted by Crippen LogP contribution is -2.48. The van der Waals surface area contributed by atoms with Gasteiger partial charge in [-0.15, -0.1) is 0 Å². The highest BCUT2D eigenvalue weighted by Crippen LogP contribution is 2.23. The normalized spacial score (nSPS) is 23.1. The molecule has 3 rings (SSSR count). The number of rotatable bonds is 5. The van der Waals surface area contributed by atoms with Gasteiger partial charge in [0.15, 0.2) is 0 Å². The fourth-order valence-corrected chi connectivity index (χ4v) is 3.77. The van der Waals surface area contributed by atoms with E-state index in [4.69, 9.17) is 4.74 Å². The van der Waals surface area contributed by atoms with E-state index in [0.717, 1.165) is 18.4 Å². The maximum Gasteiger partial charge on any atom is 0.245 e. The van der Waals surface area contributed by atoms with Crippen LogP contribution in [0.4, 0.5) is 0 Å². The quantitative estimate of drug-likeness (QED) is 0.871. The van der Waals surface area contributed by atoms with E-state index >= 15 is 0 Å². The SMILES string of the molecule is CN(C)C(C(=O)NC1CCN(C2CCOCC2)C1=O)c1ccccc1. The van der Waals surface area contributed by atoms with Crippen LogP contribution in [0.2, 0.25) is 0 Å². The maximum atomic E-state index is 12.8. The number of nitrogens with one attached hydrogen (secondary N) is 1. The van der Waals surface area contributed by atoms with Gasteiger partial charge in [0, 0.05) is 25.8 Å². The highest BCUT2D eigenvalue weighted by Gasteiger charge is 2.38. The molecule has 0 saturated carbocycles. The van der Waals surface area contributed by atoms with Crippen molar-refractivity contribution < 1.29 is 14.3 Å². The second-order valence-electron chi connectivity index (χ2n) is 7.00. The van der Waals surface area contributed by atoms with Crippen LogP contribution in [0.5, 0.6) is 0 Å². The van der Waals surface area contributed by atoms with Gasteiger partial charge in [-0.2, -0.15) is 0 Å². The molecule has 0 spiro atoms. The van der Waals surface area contributed by atoms with Gasteiger partial charge < -0.3 is 15.0 Å². The first kappa shape index (κ1) is 17.9. The molecular weight excluding hydrogens is 318 g/mol. The molecule has 1 aromatic carbocycles. The summed E-state index contributed by atoms with van der Waals surface area (Å²) < 4.78 is 5.38. The van der Waals surface area contributed by atoms with E-state index in [9.17, 15) is 9.59 Å². The molecule has 2 heterocycles. The third kappa shape index (κ3) is 4.02. The lowest BCUT2D eigenvalue weighted by Gasteiger charge is -2.31. The van der Waals surface area contributed by atoms with Gasteiger partial charge in [0.2, 0.25) is 11.8 Å². The molecule has 2 aliphatic heterocycles. The molecule has 1 N–H and O–H groups in total. The van der Waals surface area contributed by atoms with Crippen molar-refractivity contribution in [2.75, 3.05) is 33.9 Å². The number of benzene rings is 1. The zero-order chi connectivity index (χ0) is 17.8. The summed E-state index contributed by atoms with van der Waals surface area (Å²) in [4.78, 5) is 29.4. The zero-order valence-corrected chi connectivity index (χ0v) is 15.0. The molecule has 6 nitrogen and oxygen atoms in total. The maximum absolute atomic E-state index is 12.8. The molecule has 2 unspecified atom stereocenters. The lowest BCUT2D eigenvalue weighted by molar-refractivity contribution is -0.136. The van der Waals surface area contributed by atoms with Crippen LogP contribution < -0.4 is 5.32 Å². The van der Waals surface area contributed by atoms with Crippen molar-refractivity contribution in [3.63, 3.8) is 0 Å². The number of carbonyl (C=O) groups excluding carboxylic acids is 2. The molecule has 1 aromatic rings. The molecule has 2 aliphatic rings. The average Bonchev–Trinajstić information content (AvgIpc) is 2.97. The predicted octanol–water partition coefficient (Wildman–Crippen LogP) is 1.19. The monoisotopic (exact) mass is 345 g/mol. The van der Waals surface area contributed by atoms with Crippen LogP contribution in [0.3, 0.4) is 0 Å². The Kier molecular flexibility index (Phi) is 5.71. The number of amides is 2. The summed E-state index contributed by atoms with van der Waals surface area (Å²) in [5.74, 6) is -0.0748. The van der Waals surface area contributed by atoms with Gasteiger partial charge >= 0.3 is 0 Å². The molecule has 2 saturated heterocycles. The Morgan fingerprint density at radius 2 is 1.88 bits per heavy atom. The van der Waals surface area contributed by atoms with Crippen LogP contribution >= 0.6 is 0 Å². The van der Waals surface area contributed by atoms with Crippen molar-refractivity contribution in [2.24, 2.45) is 0 Å². The fraction of sp³-hybridized carbons (Fsp3) is 0.579. The minimum absolute atomic E-state index is 0.0471. The summed E-state index contributed by atoms with van der Waals surface area (Å²) in [5, 5.41) is 2.97. The minimum Gasteiger partial charge on any atom is -0.381 e. The van der Waals surface area contributed by atoms with E-state index < -0.39 is 12.1 Å². The van der Waals surface area contributed by atoms with Crippen molar-refractivity contribution in [1.29, 1.82) is 0 Å². The Morgan fingerprint density at radius 1 is 1.20 bits per heavy atom. The van der Waals surface area contributed by atoms with Crippen LogP contribution in [0, 0.1) is 0 Å². The molecule has 2 amide bonds. The topological polar surface area (TPSA) is 61.9 Å². The molecular formula is C19H27N3O3. The molecule has 136 valence electrons. The van der Waals surface area contributed by atoms with Gasteiger partial charge in [-0.25, -0.2) is 0 Å². The van der Waals surface area contributed by atoms with Crippen LogP contribution in [-0.4, -0.2) is 67.6 Å². The molecule has 0 radical (unpaired) electrons. The smallest absolute Gasteiger partial charge is 0.245 e. The minimum atomic E-state index is -0.415. The molecule has 25 heavy (non-hydrogen) atoms. The Labute approximate surface area is 149 Å². The van der Waals surface area contributed by atoms with Crippen LogP contribution in [0.15, 0.2) is 30.3 Å². The molecule has 0 aromatic heterocycles. The Morgan fingerprint density at radius 3 is 2.52 bits per heavy atom. The van der Waals surface area contributed by atoms with E-state index in [1.165, 1.54) is 0 Å². The van der Waals surface area contributed by atoms with Crippen molar-refractivity contribution in [2.45, 2.75) is 37.4 Å². The largest absolute Gasteiger partial charge is 0.381 e.